The van der Waals surface area contributed by atoms with E-state index in [9.17, 15) is 15.0 Å². The van der Waals surface area contributed by atoms with Crippen molar-refractivity contribution in [3.8, 4) is 0 Å². The van der Waals surface area contributed by atoms with Crippen LogP contribution in [0.5, 0.6) is 0 Å². The molecular weight excluding hydrogens is 518 g/mol. The van der Waals surface area contributed by atoms with Crippen molar-refractivity contribution in [3.63, 3.8) is 0 Å². The van der Waals surface area contributed by atoms with Crippen LogP contribution in [0.3, 0.4) is 0 Å². The molecule has 42 heavy (non-hydrogen) atoms. The third kappa shape index (κ3) is 30.1. The highest BCUT2D eigenvalue weighted by Crippen LogP contribution is 2.13. The Bertz CT molecular complexity index is 642. The van der Waals surface area contributed by atoms with E-state index in [1.807, 2.05) is 0 Å². The first-order valence-corrected chi connectivity index (χ1v) is 18.2. The van der Waals surface area contributed by atoms with Crippen molar-refractivity contribution in [2.75, 3.05) is 6.61 Å². The number of unbranched alkanes of at least 4 members (excludes halogenated alkanes) is 19. The van der Waals surface area contributed by atoms with Crippen LogP contribution in [0.15, 0.2) is 36.5 Å². The van der Waals surface area contributed by atoms with Crippen molar-refractivity contribution in [1.82, 2.24) is 5.32 Å². The molecule has 0 aliphatic carbocycles. The fraction of sp³-hybridized carbons (Fsp3) is 0.816. The van der Waals surface area contributed by atoms with E-state index in [-0.39, 0.29) is 12.5 Å². The molecule has 0 aliphatic heterocycles. The molecule has 0 heterocycles. The number of amides is 1. The highest BCUT2D eigenvalue weighted by atomic mass is 16.3. The molecule has 0 radical (unpaired) electrons. The highest BCUT2D eigenvalue weighted by Gasteiger charge is 2.19. The quantitative estimate of drug-likeness (QED) is 0.0540. The summed E-state index contributed by atoms with van der Waals surface area (Å²) in [6.07, 6.45) is 43.4. The summed E-state index contributed by atoms with van der Waals surface area (Å²) in [7, 11) is 0. The normalized spacial score (nSPS) is 13.5. The number of aliphatic hydroxyl groups is 2. The molecule has 0 unspecified atom stereocenters. The van der Waals surface area contributed by atoms with E-state index in [0.29, 0.717) is 12.8 Å². The van der Waals surface area contributed by atoms with E-state index in [4.69, 9.17) is 0 Å². The lowest BCUT2D eigenvalue weighted by Crippen LogP contribution is -2.45. The lowest BCUT2D eigenvalue weighted by atomic mass is 10.0. The Kier molecular flexibility index (Phi) is 33.0. The molecule has 4 nitrogen and oxygen atoms in total. The minimum atomic E-state index is -0.686. The Morgan fingerprint density at radius 3 is 1.50 bits per heavy atom. The second-order valence-electron chi connectivity index (χ2n) is 12.3. The van der Waals surface area contributed by atoms with E-state index < -0.39 is 12.1 Å². The van der Waals surface area contributed by atoms with Crippen LogP contribution in [0, 0.1) is 0 Å². The van der Waals surface area contributed by atoms with Crippen LogP contribution in [-0.4, -0.2) is 34.9 Å². The summed E-state index contributed by atoms with van der Waals surface area (Å²) >= 11 is 0. The third-order valence-electron chi connectivity index (χ3n) is 8.12. The maximum atomic E-state index is 12.3. The zero-order valence-corrected chi connectivity index (χ0v) is 28.0. The second kappa shape index (κ2) is 34.1. The lowest BCUT2D eigenvalue weighted by Gasteiger charge is -2.22. The smallest absolute Gasteiger partial charge is 0.220 e. The number of hydrogen-bond acceptors (Lipinski definition) is 3. The standard InChI is InChI=1S/C38H71NO3/c1-3-5-7-9-11-13-15-17-19-21-23-25-27-29-31-33-37(41)36(35-40)39-38(42)34-32-30-28-26-24-22-20-18-16-14-12-10-8-6-4-2/h12,14,18,20,23,25,36-37,40-41H,3-11,13,15-17,19,21-22,24,26-35H2,1-2H3,(H,39,42)/b14-12+,20-18+,25-23+/t36-,37+/m0/s1. The van der Waals surface area contributed by atoms with Crippen LogP contribution in [0.1, 0.15) is 181 Å². The van der Waals surface area contributed by atoms with Gasteiger partial charge in [0.25, 0.3) is 0 Å². The number of carbonyl (C=O) groups is 1. The summed E-state index contributed by atoms with van der Waals surface area (Å²) in [5.41, 5.74) is 0. The van der Waals surface area contributed by atoms with Gasteiger partial charge >= 0.3 is 0 Å². The van der Waals surface area contributed by atoms with Gasteiger partial charge in [-0.2, -0.15) is 0 Å². The molecule has 0 aliphatic rings. The molecule has 3 N–H and O–H groups in total. The molecule has 0 aromatic rings. The van der Waals surface area contributed by atoms with E-state index in [1.54, 1.807) is 0 Å². The number of hydrogen-bond donors (Lipinski definition) is 3. The van der Waals surface area contributed by atoms with Gasteiger partial charge in [-0.3, -0.25) is 4.79 Å². The fourth-order valence-corrected chi connectivity index (χ4v) is 5.26. The Labute approximate surface area is 261 Å². The van der Waals surface area contributed by atoms with Gasteiger partial charge in [-0.15, -0.1) is 0 Å². The molecule has 0 aromatic heterocycles. The Hall–Kier alpha value is -1.39. The lowest BCUT2D eigenvalue weighted by molar-refractivity contribution is -0.123. The van der Waals surface area contributed by atoms with Crippen molar-refractivity contribution in [2.24, 2.45) is 0 Å². The molecule has 0 aromatic carbocycles. The molecule has 246 valence electrons. The van der Waals surface area contributed by atoms with Gasteiger partial charge in [0.05, 0.1) is 18.8 Å². The SMILES string of the molecule is CCCCC/C=C/C/C=C/CCCCCCCC(=O)N[C@@H](CO)[C@H](O)CCCC/C=C/CCCCCCCCCCC. The molecule has 0 spiro atoms. The molecule has 0 bridgehead atoms. The molecule has 2 atom stereocenters. The van der Waals surface area contributed by atoms with E-state index in [1.165, 1.54) is 103 Å². The Balaban J connectivity index is 3.65. The number of carbonyl (C=O) groups excluding carboxylic acids is 1. The van der Waals surface area contributed by atoms with Crippen LogP contribution >= 0.6 is 0 Å². The van der Waals surface area contributed by atoms with Gasteiger partial charge in [0.2, 0.25) is 5.91 Å². The maximum absolute atomic E-state index is 12.3. The van der Waals surface area contributed by atoms with Gasteiger partial charge in [-0.25, -0.2) is 0 Å². The largest absolute Gasteiger partial charge is 0.394 e. The molecular formula is C38H71NO3. The molecule has 0 rings (SSSR count). The van der Waals surface area contributed by atoms with Crippen molar-refractivity contribution >= 4 is 5.91 Å². The van der Waals surface area contributed by atoms with Crippen molar-refractivity contribution in [1.29, 1.82) is 0 Å². The summed E-state index contributed by atoms with van der Waals surface area (Å²) in [5.74, 6) is -0.0572. The number of allylic oxidation sites excluding steroid dienone is 6. The van der Waals surface area contributed by atoms with Crippen molar-refractivity contribution in [2.45, 2.75) is 193 Å². The highest BCUT2D eigenvalue weighted by molar-refractivity contribution is 5.76. The van der Waals surface area contributed by atoms with E-state index >= 15 is 0 Å². The van der Waals surface area contributed by atoms with E-state index in [0.717, 1.165) is 51.4 Å². The number of nitrogens with one attached hydrogen (secondary N) is 1. The monoisotopic (exact) mass is 590 g/mol. The third-order valence-corrected chi connectivity index (χ3v) is 8.12. The van der Waals surface area contributed by atoms with Crippen molar-refractivity contribution in [3.05, 3.63) is 36.5 Å². The molecule has 0 saturated carbocycles. The van der Waals surface area contributed by atoms with Crippen LogP contribution in [-0.2, 0) is 4.79 Å². The zero-order chi connectivity index (χ0) is 30.8. The molecule has 0 fully saturated rings. The van der Waals surface area contributed by atoms with Gasteiger partial charge in [-0.05, 0) is 70.6 Å². The summed E-state index contributed by atoms with van der Waals surface area (Å²) in [5, 5.41) is 23.0. The van der Waals surface area contributed by atoms with Gasteiger partial charge in [0.15, 0.2) is 0 Å². The minimum Gasteiger partial charge on any atom is -0.394 e. The first kappa shape index (κ1) is 40.6. The van der Waals surface area contributed by atoms with Crippen LogP contribution in [0.4, 0.5) is 0 Å². The Morgan fingerprint density at radius 1 is 0.571 bits per heavy atom. The average molecular weight is 590 g/mol. The number of aliphatic hydroxyl groups excluding tert-OH is 2. The molecule has 1 amide bonds. The first-order valence-electron chi connectivity index (χ1n) is 18.2. The first-order chi connectivity index (χ1) is 20.7. The fourth-order valence-electron chi connectivity index (χ4n) is 5.26. The van der Waals surface area contributed by atoms with Gasteiger partial charge in [0.1, 0.15) is 0 Å². The topological polar surface area (TPSA) is 69.6 Å². The average Bonchev–Trinajstić information content (AvgIpc) is 2.99. The second-order valence-corrected chi connectivity index (χ2v) is 12.3. The molecule has 0 saturated heterocycles. The van der Waals surface area contributed by atoms with Crippen LogP contribution < -0.4 is 5.32 Å². The summed E-state index contributed by atoms with van der Waals surface area (Å²) in [6.45, 7) is 4.30. The predicted molar refractivity (Wildman–Crippen MR) is 184 cm³/mol. The maximum Gasteiger partial charge on any atom is 0.220 e. The summed E-state index contributed by atoms with van der Waals surface area (Å²) < 4.78 is 0. The van der Waals surface area contributed by atoms with Crippen LogP contribution in [0.25, 0.3) is 0 Å². The van der Waals surface area contributed by atoms with E-state index in [2.05, 4.69) is 55.6 Å². The predicted octanol–water partition coefficient (Wildman–Crippen LogP) is 10.7. The summed E-state index contributed by atoms with van der Waals surface area (Å²) in [4.78, 5) is 12.3. The van der Waals surface area contributed by atoms with Gasteiger partial charge in [-0.1, -0.05) is 140 Å². The van der Waals surface area contributed by atoms with Gasteiger partial charge < -0.3 is 15.5 Å². The minimum absolute atomic E-state index is 0.0572. The summed E-state index contributed by atoms with van der Waals surface area (Å²) in [6, 6.07) is -0.558. The van der Waals surface area contributed by atoms with Crippen LogP contribution in [0.2, 0.25) is 0 Å². The number of rotatable bonds is 32. The van der Waals surface area contributed by atoms with Gasteiger partial charge in [0, 0.05) is 6.42 Å². The molecule has 4 heteroatoms. The van der Waals surface area contributed by atoms with Crippen molar-refractivity contribution < 1.29 is 15.0 Å². The Morgan fingerprint density at radius 2 is 0.976 bits per heavy atom. The zero-order valence-electron chi connectivity index (χ0n) is 28.0.